The third-order valence-electron chi connectivity index (χ3n) is 6.39. The predicted molar refractivity (Wildman–Crippen MR) is 170 cm³/mol. The molecule has 0 saturated carbocycles. The van der Waals surface area contributed by atoms with Crippen molar-refractivity contribution in [3.63, 3.8) is 0 Å². The Morgan fingerprint density at radius 3 is 2.02 bits per heavy atom. The fraction of sp³-hybridized carbons (Fsp3) is 0.333. The van der Waals surface area contributed by atoms with Gasteiger partial charge in [0.1, 0.15) is 12.6 Å². The molecule has 0 fully saturated rings. The highest BCUT2D eigenvalue weighted by Gasteiger charge is 2.34. The fourth-order valence-corrected chi connectivity index (χ4v) is 6.22. The summed E-state index contributed by atoms with van der Waals surface area (Å²) in [5.41, 5.74) is -0.000716. The Morgan fingerprint density at radius 2 is 1.49 bits per heavy atom. The van der Waals surface area contributed by atoms with Crippen LogP contribution in [-0.4, -0.2) is 57.5 Å². The van der Waals surface area contributed by atoms with E-state index in [1.54, 1.807) is 25.1 Å². The molecule has 13 heteroatoms. The number of hydrogen-bond acceptors (Lipinski definition) is 6. The molecule has 0 aliphatic carbocycles. The molecule has 0 spiro atoms. The molecule has 232 valence electrons. The van der Waals surface area contributed by atoms with E-state index >= 15 is 0 Å². The summed E-state index contributed by atoms with van der Waals surface area (Å²) in [6.07, 6.45) is 0. The second kappa shape index (κ2) is 14.1. The number of halogens is 3. The Bertz CT molecular complexity index is 1560. The number of hydrogen-bond donors (Lipinski definition) is 1. The number of benzene rings is 3. The standard InChI is InChI=1S/C30H34Cl3N3O6S/c1-19(29(38)34-30(2,3)4)35(17-23-24(32)8-7-9-25(23)33)28(37)18-36(21-12-10-20(31)11-13-21)43(39,40)22-14-15-26(41-5)27(16-22)42-6/h7-16,19H,17-18H2,1-6H3,(H,34,38). The van der Waals surface area contributed by atoms with Gasteiger partial charge in [-0.15, -0.1) is 0 Å². The number of methoxy groups -OCH3 is 2. The van der Waals surface area contributed by atoms with Gasteiger partial charge in [0.15, 0.2) is 11.5 Å². The molecule has 2 amide bonds. The predicted octanol–water partition coefficient (Wildman–Crippen LogP) is 6.19. The van der Waals surface area contributed by atoms with Gasteiger partial charge >= 0.3 is 0 Å². The van der Waals surface area contributed by atoms with Crippen molar-refractivity contribution in [2.24, 2.45) is 0 Å². The molecule has 0 aliphatic rings. The van der Waals surface area contributed by atoms with Gasteiger partial charge in [-0.05, 0) is 76.2 Å². The van der Waals surface area contributed by atoms with Crippen molar-refractivity contribution in [3.05, 3.63) is 81.3 Å². The monoisotopic (exact) mass is 669 g/mol. The maximum Gasteiger partial charge on any atom is 0.264 e. The van der Waals surface area contributed by atoms with Gasteiger partial charge in [0.25, 0.3) is 10.0 Å². The Morgan fingerprint density at radius 1 is 0.907 bits per heavy atom. The highest BCUT2D eigenvalue weighted by molar-refractivity contribution is 7.92. The molecule has 0 aromatic heterocycles. The first kappa shape index (κ1) is 34.3. The van der Waals surface area contributed by atoms with E-state index in [0.29, 0.717) is 26.4 Å². The van der Waals surface area contributed by atoms with Crippen molar-refractivity contribution in [3.8, 4) is 11.5 Å². The van der Waals surface area contributed by atoms with Crippen molar-refractivity contribution < 1.29 is 27.5 Å². The first-order valence-electron chi connectivity index (χ1n) is 13.1. The number of nitrogens with one attached hydrogen (secondary N) is 1. The molecule has 0 heterocycles. The molecule has 9 nitrogen and oxygen atoms in total. The van der Waals surface area contributed by atoms with Gasteiger partial charge in [-0.25, -0.2) is 8.42 Å². The molecule has 0 aliphatic heterocycles. The van der Waals surface area contributed by atoms with Crippen LogP contribution in [0.3, 0.4) is 0 Å². The van der Waals surface area contributed by atoms with E-state index < -0.39 is 40.0 Å². The van der Waals surface area contributed by atoms with Crippen LogP contribution in [0.2, 0.25) is 15.1 Å². The number of nitrogens with zero attached hydrogens (tertiary/aromatic N) is 2. The largest absolute Gasteiger partial charge is 0.493 e. The molecule has 3 rings (SSSR count). The number of carbonyl (C=O) groups is 2. The molecule has 1 unspecified atom stereocenters. The summed E-state index contributed by atoms with van der Waals surface area (Å²) in [5, 5.41) is 3.83. The lowest BCUT2D eigenvalue weighted by atomic mass is 10.1. The minimum atomic E-state index is -4.36. The molecular formula is C30H34Cl3N3O6S. The van der Waals surface area contributed by atoms with E-state index in [0.717, 1.165) is 4.31 Å². The zero-order chi connectivity index (χ0) is 32.1. The molecule has 0 bridgehead atoms. The van der Waals surface area contributed by atoms with E-state index in [4.69, 9.17) is 44.3 Å². The maximum atomic E-state index is 14.1. The van der Waals surface area contributed by atoms with Crippen molar-refractivity contribution in [1.29, 1.82) is 0 Å². The SMILES string of the molecule is COc1ccc(S(=O)(=O)N(CC(=O)N(Cc2c(Cl)cccc2Cl)C(C)C(=O)NC(C)(C)C)c2ccc(Cl)cc2)cc1OC. The molecular weight excluding hydrogens is 637 g/mol. The van der Waals surface area contributed by atoms with Gasteiger partial charge < -0.3 is 19.7 Å². The van der Waals surface area contributed by atoms with E-state index in [2.05, 4.69) is 5.32 Å². The van der Waals surface area contributed by atoms with Crippen LogP contribution < -0.4 is 19.1 Å². The van der Waals surface area contributed by atoms with Crippen LogP contribution in [0.4, 0.5) is 5.69 Å². The van der Waals surface area contributed by atoms with Crippen LogP contribution in [0, 0.1) is 0 Å². The summed E-state index contributed by atoms with van der Waals surface area (Å²) in [6, 6.07) is 14.0. The first-order chi connectivity index (χ1) is 20.1. The zero-order valence-corrected chi connectivity index (χ0v) is 27.7. The normalized spacial score (nSPS) is 12.3. The van der Waals surface area contributed by atoms with Crippen molar-refractivity contribution in [2.45, 2.75) is 50.7 Å². The lowest BCUT2D eigenvalue weighted by molar-refractivity contribution is -0.140. The van der Waals surface area contributed by atoms with Gasteiger partial charge in [0.2, 0.25) is 11.8 Å². The Hall–Kier alpha value is -3.18. The van der Waals surface area contributed by atoms with Gasteiger partial charge in [0, 0.05) is 38.8 Å². The minimum Gasteiger partial charge on any atom is -0.493 e. The second-order valence-corrected chi connectivity index (χ2v) is 13.8. The summed E-state index contributed by atoms with van der Waals surface area (Å²) in [6.45, 7) is 6.18. The lowest BCUT2D eigenvalue weighted by Crippen LogP contribution is -2.54. The first-order valence-corrected chi connectivity index (χ1v) is 15.7. The number of carbonyl (C=O) groups excluding carboxylic acids is 2. The van der Waals surface area contributed by atoms with E-state index in [-0.39, 0.29) is 22.9 Å². The Labute approximate surface area is 267 Å². The molecule has 0 radical (unpaired) electrons. The van der Waals surface area contributed by atoms with Gasteiger partial charge in [-0.2, -0.15) is 0 Å². The number of ether oxygens (including phenoxy) is 2. The second-order valence-electron chi connectivity index (χ2n) is 10.6. The molecule has 1 N–H and O–H groups in total. The Balaban J connectivity index is 2.11. The highest BCUT2D eigenvalue weighted by Crippen LogP contribution is 2.33. The van der Waals surface area contributed by atoms with Crippen LogP contribution >= 0.6 is 34.8 Å². The fourth-order valence-electron chi connectivity index (χ4n) is 4.15. The van der Waals surface area contributed by atoms with Crippen molar-refractivity contribution in [2.75, 3.05) is 25.1 Å². The van der Waals surface area contributed by atoms with Crippen LogP contribution in [0.1, 0.15) is 33.3 Å². The third kappa shape index (κ3) is 8.47. The average molecular weight is 671 g/mol. The summed E-state index contributed by atoms with van der Waals surface area (Å²) in [7, 11) is -1.55. The third-order valence-corrected chi connectivity index (χ3v) is 9.12. The topological polar surface area (TPSA) is 105 Å². The van der Waals surface area contributed by atoms with E-state index in [9.17, 15) is 18.0 Å². The van der Waals surface area contributed by atoms with Gasteiger partial charge in [-0.1, -0.05) is 40.9 Å². The molecule has 3 aromatic carbocycles. The smallest absolute Gasteiger partial charge is 0.264 e. The van der Waals surface area contributed by atoms with Crippen molar-refractivity contribution >= 4 is 62.3 Å². The minimum absolute atomic E-state index is 0.146. The number of rotatable bonds is 11. The molecule has 1 atom stereocenters. The number of amides is 2. The van der Waals surface area contributed by atoms with Gasteiger partial charge in [0.05, 0.1) is 24.8 Å². The van der Waals surface area contributed by atoms with Crippen LogP contribution in [0.5, 0.6) is 11.5 Å². The summed E-state index contributed by atoms with van der Waals surface area (Å²) < 4.78 is 39.7. The quantitative estimate of drug-likeness (QED) is 0.261. The highest BCUT2D eigenvalue weighted by atomic mass is 35.5. The molecule has 0 saturated heterocycles. The number of sulfonamides is 1. The lowest BCUT2D eigenvalue weighted by Gasteiger charge is -2.34. The van der Waals surface area contributed by atoms with Crippen LogP contribution in [0.25, 0.3) is 0 Å². The molecule has 3 aromatic rings. The maximum absolute atomic E-state index is 14.1. The Kier molecular flexibility index (Phi) is 11.2. The zero-order valence-electron chi connectivity index (χ0n) is 24.7. The van der Waals surface area contributed by atoms with Crippen LogP contribution in [0.15, 0.2) is 65.6 Å². The summed E-state index contributed by atoms with van der Waals surface area (Å²) in [5.74, 6) is -0.596. The summed E-state index contributed by atoms with van der Waals surface area (Å²) in [4.78, 5) is 28.5. The summed E-state index contributed by atoms with van der Waals surface area (Å²) >= 11 is 18.9. The van der Waals surface area contributed by atoms with Gasteiger partial charge in [-0.3, -0.25) is 13.9 Å². The van der Waals surface area contributed by atoms with E-state index in [1.807, 2.05) is 20.8 Å². The van der Waals surface area contributed by atoms with E-state index in [1.165, 1.54) is 61.6 Å². The molecule has 43 heavy (non-hydrogen) atoms. The van der Waals surface area contributed by atoms with Crippen molar-refractivity contribution in [1.82, 2.24) is 10.2 Å². The van der Waals surface area contributed by atoms with Crippen LogP contribution in [-0.2, 0) is 26.2 Å². The number of anilines is 1. The average Bonchev–Trinajstić information content (AvgIpc) is 2.94.